The second-order valence-corrected chi connectivity index (χ2v) is 3.71. The maximum absolute atomic E-state index is 10.9. The van der Waals surface area contributed by atoms with Crippen LogP contribution < -0.4 is 5.73 Å². The summed E-state index contributed by atoms with van der Waals surface area (Å²) in [4.78, 5) is 23.6. The molecular formula is C12H9F3N2O4. The number of aromatic carboxylic acids is 1. The van der Waals surface area contributed by atoms with Gasteiger partial charge in [-0.1, -0.05) is 24.3 Å². The van der Waals surface area contributed by atoms with E-state index in [-0.39, 0.29) is 11.4 Å². The number of alkyl halides is 3. The van der Waals surface area contributed by atoms with E-state index in [2.05, 4.69) is 4.98 Å². The molecule has 0 saturated heterocycles. The Kier molecular flexibility index (Phi) is 4.69. The van der Waals surface area contributed by atoms with Crippen molar-refractivity contribution in [2.75, 3.05) is 5.73 Å². The number of nitrogens with two attached hydrogens (primary N) is 1. The molecule has 6 nitrogen and oxygen atoms in total. The van der Waals surface area contributed by atoms with E-state index in [4.69, 9.17) is 20.7 Å². The summed E-state index contributed by atoms with van der Waals surface area (Å²) in [6.07, 6.45) is -3.52. The zero-order valence-electron chi connectivity index (χ0n) is 10.3. The lowest BCUT2D eigenvalue weighted by Crippen LogP contribution is -2.21. The summed E-state index contributed by atoms with van der Waals surface area (Å²) in [6.45, 7) is 0. The molecule has 0 bridgehead atoms. The van der Waals surface area contributed by atoms with Crippen LogP contribution in [0.5, 0.6) is 0 Å². The van der Waals surface area contributed by atoms with Crippen LogP contribution in [0.1, 0.15) is 10.4 Å². The van der Waals surface area contributed by atoms with Gasteiger partial charge in [0, 0.05) is 17.0 Å². The van der Waals surface area contributed by atoms with Gasteiger partial charge in [0.1, 0.15) is 11.4 Å². The van der Waals surface area contributed by atoms with Crippen molar-refractivity contribution in [2.24, 2.45) is 0 Å². The van der Waals surface area contributed by atoms with Crippen molar-refractivity contribution >= 4 is 28.5 Å². The number of rotatable bonds is 1. The zero-order valence-corrected chi connectivity index (χ0v) is 10.3. The van der Waals surface area contributed by atoms with E-state index >= 15 is 0 Å². The van der Waals surface area contributed by atoms with Gasteiger partial charge in [0.05, 0.1) is 0 Å². The van der Waals surface area contributed by atoms with Crippen molar-refractivity contribution in [3.8, 4) is 0 Å². The molecule has 1 aromatic heterocycles. The first kappa shape index (κ1) is 16.2. The van der Waals surface area contributed by atoms with Crippen LogP contribution in [0.4, 0.5) is 19.0 Å². The number of pyridine rings is 1. The number of benzene rings is 1. The molecular weight excluding hydrogens is 293 g/mol. The number of carbonyl (C=O) groups is 2. The number of nitrogens with zero attached hydrogens (tertiary/aromatic N) is 1. The molecule has 1 heterocycles. The average Bonchev–Trinajstić information content (AvgIpc) is 2.37. The molecule has 4 N–H and O–H groups in total. The smallest absolute Gasteiger partial charge is 0.478 e. The van der Waals surface area contributed by atoms with Crippen molar-refractivity contribution in [1.29, 1.82) is 0 Å². The summed E-state index contributed by atoms with van der Waals surface area (Å²) in [6, 6.07) is 7.12. The molecule has 21 heavy (non-hydrogen) atoms. The van der Waals surface area contributed by atoms with Gasteiger partial charge in [-0.25, -0.2) is 14.6 Å². The van der Waals surface area contributed by atoms with Crippen LogP contribution in [0.3, 0.4) is 0 Å². The van der Waals surface area contributed by atoms with Gasteiger partial charge >= 0.3 is 18.1 Å². The quantitative estimate of drug-likeness (QED) is 0.743. The molecule has 0 fully saturated rings. The van der Waals surface area contributed by atoms with E-state index in [0.717, 1.165) is 5.39 Å². The SMILES string of the molecule is Nc1ncc2ccccc2c1C(=O)O.O=C(O)C(F)(F)F. The lowest BCUT2D eigenvalue weighted by atomic mass is 10.1. The maximum Gasteiger partial charge on any atom is 0.490 e. The topological polar surface area (TPSA) is 114 Å². The Morgan fingerprint density at radius 1 is 1.14 bits per heavy atom. The molecule has 0 saturated carbocycles. The van der Waals surface area contributed by atoms with Crippen molar-refractivity contribution in [2.45, 2.75) is 6.18 Å². The Morgan fingerprint density at radius 3 is 2.14 bits per heavy atom. The predicted molar refractivity (Wildman–Crippen MR) is 66.8 cm³/mol. The maximum atomic E-state index is 10.9. The highest BCUT2D eigenvalue weighted by Crippen LogP contribution is 2.21. The van der Waals surface area contributed by atoms with Gasteiger partial charge in [-0.05, 0) is 0 Å². The molecule has 0 spiro atoms. The molecule has 112 valence electrons. The van der Waals surface area contributed by atoms with Crippen LogP contribution in [-0.4, -0.2) is 33.3 Å². The zero-order chi connectivity index (χ0) is 16.2. The number of hydrogen-bond donors (Lipinski definition) is 3. The third kappa shape index (κ3) is 4.06. The number of nitrogen functional groups attached to an aromatic ring is 1. The minimum atomic E-state index is -5.08. The van der Waals surface area contributed by atoms with E-state index in [1.54, 1.807) is 24.4 Å². The van der Waals surface area contributed by atoms with E-state index < -0.39 is 18.1 Å². The molecule has 0 unspecified atom stereocenters. The van der Waals surface area contributed by atoms with Crippen molar-refractivity contribution in [1.82, 2.24) is 4.98 Å². The molecule has 0 amide bonds. The van der Waals surface area contributed by atoms with E-state index in [0.29, 0.717) is 5.39 Å². The minimum Gasteiger partial charge on any atom is -0.478 e. The van der Waals surface area contributed by atoms with Crippen LogP contribution in [0.25, 0.3) is 10.8 Å². The fourth-order valence-electron chi connectivity index (χ4n) is 1.40. The minimum absolute atomic E-state index is 0.0520. The molecule has 2 rings (SSSR count). The van der Waals surface area contributed by atoms with Crippen LogP contribution in [0, 0.1) is 0 Å². The van der Waals surface area contributed by atoms with Crippen molar-refractivity contribution < 1.29 is 33.0 Å². The van der Waals surface area contributed by atoms with Crippen molar-refractivity contribution in [3.63, 3.8) is 0 Å². The Hall–Kier alpha value is -2.84. The lowest BCUT2D eigenvalue weighted by molar-refractivity contribution is -0.192. The summed E-state index contributed by atoms with van der Waals surface area (Å²) in [7, 11) is 0. The molecule has 0 atom stereocenters. The number of hydrogen-bond acceptors (Lipinski definition) is 4. The molecule has 0 aliphatic heterocycles. The van der Waals surface area contributed by atoms with Crippen LogP contribution >= 0.6 is 0 Å². The van der Waals surface area contributed by atoms with Gasteiger partial charge < -0.3 is 15.9 Å². The van der Waals surface area contributed by atoms with Crippen molar-refractivity contribution in [3.05, 3.63) is 36.0 Å². The number of carboxylic acids is 2. The summed E-state index contributed by atoms with van der Waals surface area (Å²) < 4.78 is 31.7. The summed E-state index contributed by atoms with van der Waals surface area (Å²) in [5.41, 5.74) is 5.57. The van der Waals surface area contributed by atoms with Crippen LogP contribution in [-0.2, 0) is 4.79 Å². The first-order valence-corrected chi connectivity index (χ1v) is 5.31. The molecule has 0 radical (unpaired) electrons. The van der Waals surface area contributed by atoms with Crippen LogP contribution in [0.15, 0.2) is 30.5 Å². The molecule has 0 aliphatic carbocycles. The van der Waals surface area contributed by atoms with Gasteiger partial charge in [-0.2, -0.15) is 13.2 Å². The standard InChI is InChI=1S/C10H8N2O2.C2HF3O2/c11-9-8(10(13)14)7-4-2-1-3-6(7)5-12-9;3-2(4,5)1(6)7/h1-5H,(H2,11,12)(H,13,14);(H,6,7). The molecule has 1 aromatic carbocycles. The number of carboxylic acid groups (broad SMARTS) is 2. The highest BCUT2D eigenvalue weighted by atomic mass is 19.4. The largest absolute Gasteiger partial charge is 0.490 e. The van der Waals surface area contributed by atoms with E-state index in [9.17, 15) is 18.0 Å². The summed E-state index contributed by atoms with van der Waals surface area (Å²) >= 11 is 0. The predicted octanol–water partition coefficient (Wildman–Crippen LogP) is 2.15. The van der Waals surface area contributed by atoms with Crippen LogP contribution in [0.2, 0.25) is 0 Å². The number of anilines is 1. The number of aliphatic carboxylic acids is 1. The first-order valence-electron chi connectivity index (χ1n) is 5.31. The fourth-order valence-corrected chi connectivity index (χ4v) is 1.40. The highest BCUT2D eigenvalue weighted by Gasteiger charge is 2.38. The average molecular weight is 302 g/mol. The van der Waals surface area contributed by atoms with Gasteiger partial charge in [-0.15, -0.1) is 0 Å². The third-order valence-electron chi connectivity index (χ3n) is 2.29. The normalized spacial score (nSPS) is 10.6. The van der Waals surface area contributed by atoms with E-state index in [1.165, 1.54) is 0 Å². The number of aromatic nitrogens is 1. The molecule has 9 heteroatoms. The van der Waals surface area contributed by atoms with Gasteiger partial charge in [-0.3, -0.25) is 0 Å². The second kappa shape index (κ2) is 6.07. The lowest BCUT2D eigenvalue weighted by Gasteiger charge is -2.03. The second-order valence-electron chi connectivity index (χ2n) is 3.71. The highest BCUT2D eigenvalue weighted by molar-refractivity contribution is 6.07. The number of halogens is 3. The van der Waals surface area contributed by atoms with Gasteiger partial charge in [0.25, 0.3) is 0 Å². The van der Waals surface area contributed by atoms with E-state index in [1.807, 2.05) is 6.07 Å². The van der Waals surface area contributed by atoms with Gasteiger partial charge in [0.15, 0.2) is 0 Å². The summed E-state index contributed by atoms with van der Waals surface area (Å²) in [5, 5.41) is 17.5. The Morgan fingerprint density at radius 2 is 1.67 bits per heavy atom. The summed E-state index contributed by atoms with van der Waals surface area (Å²) in [5.74, 6) is -3.75. The van der Waals surface area contributed by atoms with Gasteiger partial charge in [0.2, 0.25) is 0 Å². The Bertz CT molecular complexity index is 686. The molecule has 2 aromatic rings. The Balaban J connectivity index is 0.000000270. The molecule has 0 aliphatic rings. The Labute approximate surface area is 115 Å². The fraction of sp³-hybridized carbons (Fsp3) is 0.0833. The monoisotopic (exact) mass is 302 g/mol. The third-order valence-corrected chi connectivity index (χ3v) is 2.29. The number of fused-ring (bicyclic) bond motifs is 1. The first-order chi connectivity index (χ1) is 9.64.